The molecule has 4 aromatic rings. The van der Waals surface area contributed by atoms with Crippen LogP contribution in [0.3, 0.4) is 0 Å². The lowest BCUT2D eigenvalue weighted by Crippen LogP contribution is -1.93. The maximum Gasteiger partial charge on any atom is 0.0718 e. The average Bonchev–Trinajstić information content (AvgIpc) is 2.64. The molecule has 1 heterocycles. The number of hydrogen-bond acceptors (Lipinski definition) is 1. The third-order valence-electron chi connectivity index (χ3n) is 4.92. The number of hydrogen-bond donors (Lipinski definition) is 0. The summed E-state index contributed by atoms with van der Waals surface area (Å²) in [7, 11) is 0. The van der Waals surface area contributed by atoms with Gasteiger partial charge in [0, 0.05) is 10.9 Å². The first-order valence-corrected chi connectivity index (χ1v) is 8.67. The van der Waals surface area contributed by atoms with Crippen LogP contribution in [0.4, 0.5) is 0 Å². The van der Waals surface area contributed by atoms with Crippen LogP contribution in [-0.4, -0.2) is 4.98 Å². The number of nitrogens with zero attached hydrogens (tertiary/aromatic N) is 1. The van der Waals surface area contributed by atoms with Gasteiger partial charge in [-0.1, -0.05) is 54.6 Å². The fourth-order valence-corrected chi connectivity index (χ4v) is 3.41. The maximum absolute atomic E-state index is 4.96. The van der Waals surface area contributed by atoms with E-state index in [4.69, 9.17) is 4.98 Å². The zero-order chi connectivity index (χ0) is 17.4. The fourth-order valence-electron chi connectivity index (χ4n) is 3.41. The highest BCUT2D eigenvalue weighted by atomic mass is 35.5. The van der Waals surface area contributed by atoms with Crippen molar-refractivity contribution in [2.24, 2.45) is 0 Å². The second-order valence-electron chi connectivity index (χ2n) is 6.69. The molecular formula is C24H22ClN. The lowest BCUT2D eigenvalue weighted by atomic mass is 9.94. The van der Waals surface area contributed by atoms with Crippen molar-refractivity contribution in [2.45, 2.75) is 20.8 Å². The molecule has 0 aliphatic heterocycles. The summed E-state index contributed by atoms with van der Waals surface area (Å²) in [5, 5.41) is 1.19. The Morgan fingerprint density at radius 2 is 1.27 bits per heavy atom. The van der Waals surface area contributed by atoms with Crippen LogP contribution in [0.1, 0.15) is 16.7 Å². The highest BCUT2D eigenvalue weighted by Crippen LogP contribution is 2.33. The number of pyridine rings is 1. The summed E-state index contributed by atoms with van der Waals surface area (Å²) in [5.74, 6) is 0. The second kappa shape index (κ2) is 7.31. The Bertz CT molecular complexity index is 1070. The van der Waals surface area contributed by atoms with Crippen LogP contribution in [0.2, 0.25) is 0 Å². The van der Waals surface area contributed by atoms with E-state index < -0.39 is 0 Å². The monoisotopic (exact) mass is 359 g/mol. The van der Waals surface area contributed by atoms with Crippen LogP contribution in [0, 0.1) is 20.8 Å². The summed E-state index contributed by atoms with van der Waals surface area (Å²) >= 11 is 0. The van der Waals surface area contributed by atoms with E-state index in [1.807, 2.05) is 0 Å². The molecule has 2 heteroatoms. The largest absolute Gasteiger partial charge is 0.248 e. The standard InChI is InChI=1S/C24H21N.ClH/c1-16-13-18(3)21(14-17(16)2)24-15-22(19-9-5-4-6-10-19)20-11-7-8-12-23(20)25-24;/h4-15H,1-3H3;1H. The molecule has 0 bridgehead atoms. The van der Waals surface area contributed by atoms with Gasteiger partial charge in [-0.15, -0.1) is 12.4 Å². The number of rotatable bonds is 2. The molecule has 1 nitrogen and oxygen atoms in total. The number of fused-ring (bicyclic) bond motifs is 1. The second-order valence-corrected chi connectivity index (χ2v) is 6.69. The minimum atomic E-state index is 0. The number of para-hydroxylation sites is 1. The summed E-state index contributed by atoms with van der Waals surface area (Å²) in [6.45, 7) is 6.49. The van der Waals surface area contributed by atoms with Crippen LogP contribution >= 0.6 is 12.4 Å². The third-order valence-corrected chi connectivity index (χ3v) is 4.92. The van der Waals surface area contributed by atoms with Gasteiger partial charge in [-0.25, -0.2) is 4.98 Å². The van der Waals surface area contributed by atoms with E-state index in [2.05, 4.69) is 93.6 Å². The first-order chi connectivity index (χ1) is 12.1. The van der Waals surface area contributed by atoms with Gasteiger partial charge in [0.05, 0.1) is 11.2 Å². The highest BCUT2D eigenvalue weighted by molar-refractivity contribution is 5.96. The SMILES string of the molecule is Cc1cc(C)c(-c2cc(-c3ccccc3)c3ccccc3n2)cc1C.Cl. The van der Waals surface area contributed by atoms with Crippen molar-refractivity contribution in [2.75, 3.05) is 0 Å². The Labute approximate surface area is 161 Å². The zero-order valence-corrected chi connectivity index (χ0v) is 16.1. The van der Waals surface area contributed by atoms with Crippen molar-refractivity contribution in [3.63, 3.8) is 0 Å². The number of halogens is 1. The summed E-state index contributed by atoms with van der Waals surface area (Å²) in [4.78, 5) is 4.96. The smallest absolute Gasteiger partial charge is 0.0718 e. The molecule has 0 fully saturated rings. The number of aromatic nitrogens is 1. The topological polar surface area (TPSA) is 12.9 Å². The van der Waals surface area contributed by atoms with Gasteiger partial charge in [0.2, 0.25) is 0 Å². The molecule has 130 valence electrons. The lowest BCUT2D eigenvalue weighted by Gasteiger charge is -2.13. The molecule has 3 aromatic carbocycles. The molecule has 0 radical (unpaired) electrons. The Morgan fingerprint density at radius 3 is 2.04 bits per heavy atom. The number of aryl methyl sites for hydroxylation is 3. The molecule has 0 aliphatic rings. The number of benzene rings is 3. The predicted octanol–water partition coefficient (Wildman–Crippen LogP) is 6.92. The Morgan fingerprint density at radius 1 is 0.615 bits per heavy atom. The van der Waals surface area contributed by atoms with Crippen LogP contribution in [0.25, 0.3) is 33.3 Å². The van der Waals surface area contributed by atoms with Gasteiger partial charge < -0.3 is 0 Å². The van der Waals surface area contributed by atoms with E-state index in [1.54, 1.807) is 0 Å². The van der Waals surface area contributed by atoms with E-state index in [9.17, 15) is 0 Å². The van der Waals surface area contributed by atoms with E-state index >= 15 is 0 Å². The Kier molecular flexibility index (Phi) is 5.11. The van der Waals surface area contributed by atoms with Crippen molar-refractivity contribution in [3.8, 4) is 22.4 Å². The molecule has 0 atom stereocenters. The van der Waals surface area contributed by atoms with Gasteiger partial charge in [0.25, 0.3) is 0 Å². The molecule has 26 heavy (non-hydrogen) atoms. The quantitative estimate of drug-likeness (QED) is 0.378. The van der Waals surface area contributed by atoms with E-state index in [0.29, 0.717) is 0 Å². The predicted molar refractivity (Wildman–Crippen MR) is 114 cm³/mol. The molecule has 0 spiro atoms. The van der Waals surface area contributed by atoms with E-state index in [1.165, 1.54) is 38.8 Å². The van der Waals surface area contributed by atoms with Crippen molar-refractivity contribution >= 4 is 23.3 Å². The van der Waals surface area contributed by atoms with Crippen LogP contribution in [0.5, 0.6) is 0 Å². The molecule has 0 N–H and O–H groups in total. The molecular weight excluding hydrogens is 338 g/mol. The van der Waals surface area contributed by atoms with Crippen molar-refractivity contribution in [1.29, 1.82) is 0 Å². The van der Waals surface area contributed by atoms with Gasteiger partial charge >= 0.3 is 0 Å². The fraction of sp³-hybridized carbons (Fsp3) is 0.125. The van der Waals surface area contributed by atoms with Gasteiger partial charge in [0.15, 0.2) is 0 Å². The lowest BCUT2D eigenvalue weighted by molar-refractivity contribution is 1.28. The zero-order valence-electron chi connectivity index (χ0n) is 15.3. The van der Waals surface area contributed by atoms with E-state index in [0.717, 1.165) is 11.2 Å². The average molecular weight is 360 g/mol. The molecule has 0 aliphatic carbocycles. The minimum absolute atomic E-state index is 0. The van der Waals surface area contributed by atoms with Crippen LogP contribution < -0.4 is 0 Å². The minimum Gasteiger partial charge on any atom is -0.248 e. The van der Waals surface area contributed by atoms with Crippen LogP contribution in [-0.2, 0) is 0 Å². The maximum atomic E-state index is 4.96. The first kappa shape index (κ1) is 18.2. The Balaban J connectivity index is 0.00000196. The van der Waals surface area contributed by atoms with Gasteiger partial charge in [-0.3, -0.25) is 0 Å². The van der Waals surface area contributed by atoms with Crippen molar-refractivity contribution in [3.05, 3.63) is 89.5 Å². The third kappa shape index (κ3) is 3.23. The molecule has 4 rings (SSSR count). The van der Waals surface area contributed by atoms with Crippen molar-refractivity contribution in [1.82, 2.24) is 4.98 Å². The van der Waals surface area contributed by atoms with Gasteiger partial charge in [-0.2, -0.15) is 0 Å². The summed E-state index contributed by atoms with van der Waals surface area (Å²) < 4.78 is 0. The van der Waals surface area contributed by atoms with Crippen LogP contribution in [0.15, 0.2) is 72.8 Å². The summed E-state index contributed by atoms with van der Waals surface area (Å²) in [5.41, 5.74) is 9.65. The molecule has 0 saturated heterocycles. The summed E-state index contributed by atoms with van der Waals surface area (Å²) in [6, 6.07) is 25.7. The van der Waals surface area contributed by atoms with Gasteiger partial charge in [0.1, 0.15) is 0 Å². The normalized spacial score (nSPS) is 10.6. The first-order valence-electron chi connectivity index (χ1n) is 8.67. The summed E-state index contributed by atoms with van der Waals surface area (Å²) in [6.07, 6.45) is 0. The molecule has 0 saturated carbocycles. The van der Waals surface area contributed by atoms with Crippen molar-refractivity contribution < 1.29 is 0 Å². The van der Waals surface area contributed by atoms with Gasteiger partial charge in [-0.05, 0) is 66.8 Å². The molecule has 1 aromatic heterocycles. The molecule has 0 unspecified atom stereocenters. The van der Waals surface area contributed by atoms with E-state index in [-0.39, 0.29) is 12.4 Å². The molecule has 0 amide bonds. The Hall–Kier alpha value is -2.64. The highest BCUT2D eigenvalue weighted by Gasteiger charge is 2.11.